The zero-order chi connectivity index (χ0) is 11.8. The fraction of sp³-hybridized carbons (Fsp3) is 0.857. The highest BCUT2D eigenvalue weighted by molar-refractivity contribution is 4.76. The Hall–Kier alpha value is -0.340. The van der Waals surface area contributed by atoms with Crippen LogP contribution in [0.2, 0.25) is 0 Å². The van der Waals surface area contributed by atoms with E-state index in [-0.39, 0.29) is 0 Å². The number of nitrogens with zero attached hydrogens (tertiary/aromatic N) is 1. The van der Waals surface area contributed by atoms with E-state index in [4.69, 9.17) is 0 Å². The Kier molecular flexibility index (Phi) is 6.74. The highest BCUT2D eigenvalue weighted by atomic mass is 15.1. The number of rotatable bonds is 7. The smallest absolute Gasteiger partial charge is 0.0163 e. The maximum absolute atomic E-state index is 3.83. The van der Waals surface area contributed by atoms with Crippen LogP contribution >= 0.6 is 0 Å². The van der Waals surface area contributed by atoms with Crippen LogP contribution < -0.4 is 5.32 Å². The molecule has 1 aliphatic heterocycles. The van der Waals surface area contributed by atoms with Crippen LogP contribution in [0.5, 0.6) is 0 Å². The number of nitrogens with one attached hydrogen (secondary N) is 1. The summed E-state index contributed by atoms with van der Waals surface area (Å²) in [5.74, 6) is 0.923. The standard InChI is InChI=1S/C14H28N2/c1-4-10-16(13(2)3)11-6-8-14-7-5-9-15-12-14/h4,13-15H,1,5-12H2,2-3H3. The minimum absolute atomic E-state index is 0.641. The van der Waals surface area contributed by atoms with Crippen LogP contribution in [0.3, 0.4) is 0 Å². The monoisotopic (exact) mass is 224 g/mol. The van der Waals surface area contributed by atoms with Gasteiger partial charge in [0.25, 0.3) is 0 Å². The predicted octanol–water partition coefficient (Wildman–Crippen LogP) is 2.66. The summed E-state index contributed by atoms with van der Waals surface area (Å²) in [4.78, 5) is 2.50. The van der Waals surface area contributed by atoms with E-state index in [1.54, 1.807) is 0 Å². The first-order valence-corrected chi connectivity index (χ1v) is 6.79. The van der Waals surface area contributed by atoms with Crippen molar-refractivity contribution in [1.29, 1.82) is 0 Å². The number of piperidine rings is 1. The zero-order valence-electron chi connectivity index (χ0n) is 11.0. The second-order valence-corrected chi connectivity index (χ2v) is 5.23. The van der Waals surface area contributed by atoms with Gasteiger partial charge in [-0.25, -0.2) is 0 Å². The molecule has 0 saturated carbocycles. The third-order valence-electron chi connectivity index (χ3n) is 3.55. The summed E-state index contributed by atoms with van der Waals surface area (Å²) < 4.78 is 0. The topological polar surface area (TPSA) is 15.3 Å². The van der Waals surface area contributed by atoms with Gasteiger partial charge in [0.05, 0.1) is 0 Å². The molecule has 1 fully saturated rings. The zero-order valence-corrected chi connectivity index (χ0v) is 11.0. The summed E-state index contributed by atoms with van der Waals surface area (Å²) in [6, 6.07) is 0.641. The van der Waals surface area contributed by atoms with Gasteiger partial charge in [0.15, 0.2) is 0 Å². The van der Waals surface area contributed by atoms with E-state index >= 15 is 0 Å². The fourth-order valence-corrected chi connectivity index (χ4v) is 2.48. The highest BCUT2D eigenvalue weighted by Gasteiger charge is 2.13. The van der Waals surface area contributed by atoms with Crippen LogP contribution in [-0.4, -0.2) is 37.1 Å². The molecule has 0 bridgehead atoms. The second-order valence-electron chi connectivity index (χ2n) is 5.23. The SMILES string of the molecule is C=CCN(CCCC1CCCNC1)C(C)C. The number of hydrogen-bond acceptors (Lipinski definition) is 2. The quantitative estimate of drug-likeness (QED) is 0.669. The van der Waals surface area contributed by atoms with Crippen molar-refractivity contribution >= 4 is 0 Å². The highest BCUT2D eigenvalue weighted by Crippen LogP contribution is 2.16. The van der Waals surface area contributed by atoms with E-state index in [9.17, 15) is 0 Å². The molecule has 0 radical (unpaired) electrons. The molecule has 0 aromatic rings. The fourth-order valence-electron chi connectivity index (χ4n) is 2.48. The van der Waals surface area contributed by atoms with Crippen molar-refractivity contribution in [3.05, 3.63) is 12.7 Å². The van der Waals surface area contributed by atoms with Gasteiger partial charge >= 0.3 is 0 Å². The predicted molar refractivity (Wildman–Crippen MR) is 71.7 cm³/mol. The molecule has 1 rings (SSSR count). The Bertz CT molecular complexity index is 183. The van der Waals surface area contributed by atoms with Crippen molar-refractivity contribution in [2.75, 3.05) is 26.2 Å². The summed E-state index contributed by atoms with van der Waals surface area (Å²) in [6.45, 7) is 13.1. The van der Waals surface area contributed by atoms with Gasteiger partial charge in [0.1, 0.15) is 0 Å². The van der Waals surface area contributed by atoms with Gasteiger partial charge in [-0.15, -0.1) is 6.58 Å². The lowest BCUT2D eigenvalue weighted by molar-refractivity contribution is 0.229. The third kappa shape index (κ3) is 5.13. The van der Waals surface area contributed by atoms with Crippen LogP contribution in [0.25, 0.3) is 0 Å². The molecule has 1 N–H and O–H groups in total. The van der Waals surface area contributed by atoms with E-state index < -0.39 is 0 Å². The Morgan fingerprint density at radius 3 is 2.88 bits per heavy atom. The lowest BCUT2D eigenvalue weighted by atomic mass is 9.94. The van der Waals surface area contributed by atoms with Crippen molar-refractivity contribution < 1.29 is 0 Å². The normalized spacial score (nSPS) is 21.6. The average Bonchev–Trinajstić information content (AvgIpc) is 2.29. The largest absolute Gasteiger partial charge is 0.316 e. The Balaban J connectivity index is 2.13. The molecule has 0 aliphatic carbocycles. The maximum Gasteiger partial charge on any atom is 0.0163 e. The van der Waals surface area contributed by atoms with Crippen LogP contribution in [0.4, 0.5) is 0 Å². The summed E-state index contributed by atoms with van der Waals surface area (Å²) in [5.41, 5.74) is 0. The Labute approximate surface area is 101 Å². The van der Waals surface area contributed by atoms with E-state index in [0.717, 1.165) is 12.5 Å². The Morgan fingerprint density at radius 2 is 2.31 bits per heavy atom. The molecule has 1 saturated heterocycles. The van der Waals surface area contributed by atoms with Crippen LogP contribution in [0, 0.1) is 5.92 Å². The molecule has 2 heteroatoms. The molecule has 16 heavy (non-hydrogen) atoms. The molecule has 0 spiro atoms. The van der Waals surface area contributed by atoms with Crippen molar-refractivity contribution in [2.24, 2.45) is 5.92 Å². The van der Waals surface area contributed by atoms with Gasteiger partial charge in [-0.3, -0.25) is 4.90 Å². The van der Waals surface area contributed by atoms with Gasteiger partial charge in [-0.05, 0) is 65.1 Å². The molecule has 94 valence electrons. The summed E-state index contributed by atoms with van der Waals surface area (Å²) >= 11 is 0. The molecule has 2 nitrogen and oxygen atoms in total. The summed E-state index contributed by atoms with van der Waals surface area (Å²) in [7, 11) is 0. The van der Waals surface area contributed by atoms with E-state index in [2.05, 4.69) is 30.6 Å². The average molecular weight is 224 g/mol. The van der Waals surface area contributed by atoms with Gasteiger partial charge in [-0.1, -0.05) is 6.08 Å². The molecule has 1 atom stereocenters. The number of hydrogen-bond donors (Lipinski definition) is 1. The molecule has 1 heterocycles. The van der Waals surface area contributed by atoms with Crippen molar-refractivity contribution in [2.45, 2.75) is 45.6 Å². The van der Waals surface area contributed by atoms with Gasteiger partial charge in [-0.2, -0.15) is 0 Å². The van der Waals surface area contributed by atoms with Crippen LogP contribution in [0.1, 0.15) is 39.5 Å². The molecule has 0 aromatic heterocycles. The Morgan fingerprint density at radius 1 is 1.50 bits per heavy atom. The molecular formula is C14H28N2. The molecule has 0 amide bonds. The second kappa shape index (κ2) is 7.86. The lowest BCUT2D eigenvalue weighted by Crippen LogP contribution is -2.33. The summed E-state index contributed by atoms with van der Waals surface area (Å²) in [5, 5.41) is 3.49. The first-order chi connectivity index (χ1) is 7.74. The van der Waals surface area contributed by atoms with Crippen LogP contribution in [-0.2, 0) is 0 Å². The first-order valence-electron chi connectivity index (χ1n) is 6.79. The molecule has 1 unspecified atom stereocenters. The minimum atomic E-state index is 0.641. The van der Waals surface area contributed by atoms with E-state index in [0.29, 0.717) is 6.04 Å². The van der Waals surface area contributed by atoms with Crippen molar-refractivity contribution in [3.8, 4) is 0 Å². The minimum Gasteiger partial charge on any atom is -0.316 e. The van der Waals surface area contributed by atoms with Crippen molar-refractivity contribution in [3.63, 3.8) is 0 Å². The summed E-state index contributed by atoms with van der Waals surface area (Å²) in [6.07, 6.45) is 7.52. The van der Waals surface area contributed by atoms with E-state index in [1.807, 2.05) is 6.08 Å². The molecule has 1 aliphatic rings. The first kappa shape index (κ1) is 13.7. The van der Waals surface area contributed by atoms with Gasteiger partial charge in [0, 0.05) is 12.6 Å². The third-order valence-corrected chi connectivity index (χ3v) is 3.55. The lowest BCUT2D eigenvalue weighted by Gasteiger charge is -2.27. The van der Waals surface area contributed by atoms with Crippen molar-refractivity contribution in [1.82, 2.24) is 10.2 Å². The molecular weight excluding hydrogens is 196 g/mol. The maximum atomic E-state index is 3.83. The van der Waals surface area contributed by atoms with Crippen LogP contribution in [0.15, 0.2) is 12.7 Å². The van der Waals surface area contributed by atoms with E-state index in [1.165, 1.54) is 45.3 Å². The van der Waals surface area contributed by atoms with Gasteiger partial charge in [0.2, 0.25) is 0 Å². The van der Waals surface area contributed by atoms with Gasteiger partial charge < -0.3 is 5.32 Å². The molecule has 0 aromatic carbocycles.